The minimum absolute atomic E-state index is 0.0729. The highest BCUT2D eigenvalue weighted by Gasteiger charge is 2.37. The van der Waals surface area contributed by atoms with Crippen molar-refractivity contribution in [1.82, 2.24) is 25.2 Å². The Labute approximate surface area is 177 Å². The van der Waals surface area contributed by atoms with Crippen LogP contribution in [0.1, 0.15) is 22.3 Å². The Morgan fingerprint density at radius 2 is 1.59 bits per heavy atom. The number of rotatable bonds is 5. The quantitative estimate of drug-likeness (QED) is 0.434. The van der Waals surface area contributed by atoms with E-state index in [0.717, 1.165) is 21.3 Å². The molecule has 32 heavy (non-hydrogen) atoms. The lowest BCUT2D eigenvalue weighted by Gasteiger charge is -2.22. The SMILES string of the molecule is Cn1nnc(N(Cc2cc(C(F)(F)F)cc(C(F)(F)F)c2)Cc2c[nH]c3ccccc23)n1. The molecule has 0 spiro atoms. The zero-order valence-corrected chi connectivity index (χ0v) is 16.5. The maximum Gasteiger partial charge on any atom is 0.416 e. The summed E-state index contributed by atoms with van der Waals surface area (Å²) in [6.45, 7) is -0.161. The fraction of sp³-hybridized carbons (Fsp3) is 0.250. The van der Waals surface area contributed by atoms with Gasteiger partial charge in [0.15, 0.2) is 0 Å². The van der Waals surface area contributed by atoms with Crippen LogP contribution in [0.2, 0.25) is 0 Å². The number of hydrogen-bond donors (Lipinski definition) is 1. The van der Waals surface area contributed by atoms with Crippen molar-refractivity contribution in [3.05, 3.63) is 70.9 Å². The van der Waals surface area contributed by atoms with Gasteiger partial charge >= 0.3 is 12.4 Å². The molecular formula is C20H16F6N6. The van der Waals surface area contributed by atoms with E-state index in [0.29, 0.717) is 12.1 Å². The first-order valence-electron chi connectivity index (χ1n) is 9.33. The standard InChI is InChI=1S/C20H16F6N6/c1-31-29-18(28-30-31)32(11-13-9-27-17-5-3-2-4-16(13)17)10-12-6-14(19(21,22)23)8-15(7-12)20(24,25)26/h2-9,27H,10-11H2,1H3. The number of aromatic amines is 1. The minimum atomic E-state index is -4.93. The summed E-state index contributed by atoms with van der Waals surface area (Å²) in [5, 5.41) is 12.6. The van der Waals surface area contributed by atoms with E-state index in [2.05, 4.69) is 20.4 Å². The van der Waals surface area contributed by atoms with Crippen LogP contribution in [0.4, 0.5) is 32.3 Å². The molecule has 0 aliphatic carbocycles. The van der Waals surface area contributed by atoms with Crippen molar-refractivity contribution >= 4 is 16.9 Å². The predicted octanol–water partition coefficient (Wildman–Crippen LogP) is 4.94. The van der Waals surface area contributed by atoms with E-state index < -0.39 is 23.5 Å². The molecule has 0 fully saturated rings. The second-order valence-electron chi connectivity index (χ2n) is 7.21. The van der Waals surface area contributed by atoms with Crippen LogP contribution in [0.3, 0.4) is 0 Å². The van der Waals surface area contributed by atoms with Crippen molar-refractivity contribution < 1.29 is 26.3 Å². The van der Waals surface area contributed by atoms with Gasteiger partial charge < -0.3 is 9.88 Å². The number of H-pyrrole nitrogens is 1. The number of nitrogens with zero attached hydrogens (tertiary/aromatic N) is 5. The van der Waals surface area contributed by atoms with Gasteiger partial charge in [-0.15, -0.1) is 5.10 Å². The van der Waals surface area contributed by atoms with Gasteiger partial charge in [0.25, 0.3) is 5.95 Å². The lowest BCUT2D eigenvalue weighted by atomic mass is 10.0. The van der Waals surface area contributed by atoms with Crippen LogP contribution < -0.4 is 4.90 Å². The molecule has 1 N–H and O–H groups in total. The summed E-state index contributed by atoms with van der Waals surface area (Å²) >= 11 is 0. The number of hydrogen-bond acceptors (Lipinski definition) is 4. The largest absolute Gasteiger partial charge is 0.416 e. The molecule has 0 saturated heterocycles. The molecule has 12 heteroatoms. The molecule has 2 heterocycles. The molecule has 4 aromatic rings. The monoisotopic (exact) mass is 454 g/mol. The number of halogens is 6. The fourth-order valence-electron chi connectivity index (χ4n) is 3.40. The second-order valence-corrected chi connectivity index (χ2v) is 7.21. The number of aromatic nitrogens is 5. The van der Waals surface area contributed by atoms with Crippen LogP contribution in [-0.2, 0) is 32.5 Å². The highest BCUT2D eigenvalue weighted by atomic mass is 19.4. The van der Waals surface area contributed by atoms with E-state index in [-0.39, 0.29) is 30.7 Å². The van der Waals surface area contributed by atoms with Gasteiger partial charge in [-0.3, -0.25) is 0 Å². The molecule has 4 rings (SSSR count). The average Bonchev–Trinajstić information content (AvgIpc) is 3.32. The number of nitrogens with one attached hydrogen (secondary N) is 1. The number of alkyl halides is 6. The molecule has 168 valence electrons. The normalized spacial score (nSPS) is 12.5. The van der Waals surface area contributed by atoms with Crippen LogP contribution in [0, 0.1) is 0 Å². The molecule has 2 aromatic carbocycles. The highest BCUT2D eigenvalue weighted by molar-refractivity contribution is 5.83. The van der Waals surface area contributed by atoms with Crippen LogP contribution in [-0.4, -0.2) is 25.2 Å². The maximum absolute atomic E-state index is 13.3. The van der Waals surface area contributed by atoms with Gasteiger partial charge in [0.1, 0.15) is 0 Å². The molecule has 2 aromatic heterocycles. The molecule has 6 nitrogen and oxygen atoms in total. The molecule has 0 atom stereocenters. The summed E-state index contributed by atoms with van der Waals surface area (Å²) in [6.07, 6.45) is -8.13. The van der Waals surface area contributed by atoms with Gasteiger partial charge in [0, 0.05) is 30.2 Å². The van der Waals surface area contributed by atoms with Crippen LogP contribution >= 0.6 is 0 Å². The Kier molecular flexibility index (Phi) is 5.31. The predicted molar refractivity (Wildman–Crippen MR) is 103 cm³/mol. The topological polar surface area (TPSA) is 62.6 Å². The van der Waals surface area contributed by atoms with Gasteiger partial charge in [-0.1, -0.05) is 23.3 Å². The Balaban J connectivity index is 1.74. The highest BCUT2D eigenvalue weighted by Crippen LogP contribution is 2.37. The molecule has 0 aliphatic rings. The maximum atomic E-state index is 13.3. The van der Waals surface area contributed by atoms with Crippen molar-refractivity contribution in [2.45, 2.75) is 25.4 Å². The lowest BCUT2D eigenvalue weighted by Crippen LogP contribution is -2.24. The van der Waals surface area contributed by atoms with Gasteiger partial charge in [-0.2, -0.15) is 31.1 Å². The number of tetrazole rings is 1. The van der Waals surface area contributed by atoms with E-state index in [9.17, 15) is 26.3 Å². The Hall–Kier alpha value is -3.57. The van der Waals surface area contributed by atoms with E-state index in [1.54, 1.807) is 6.20 Å². The van der Waals surface area contributed by atoms with Gasteiger partial charge in [0.05, 0.1) is 18.2 Å². The molecule has 0 saturated carbocycles. The van der Waals surface area contributed by atoms with Crippen molar-refractivity contribution in [3.8, 4) is 0 Å². The second kappa shape index (κ2) is 7.84. The fourth-order valence-corrected chi connectivity index (χ4v) is 3.40. The van der Waals surface area contributed by atoms with Gasteiger partial charge in [0.2, 0.25) is 0 Å². The minimum Gasteiger partial charge on any atom is -0.361 e. The molecular weight excluding hydrogens is 438 g/mol. The summed E-state index contributed by atoms with van der Waals surface area (Å²) in [5.41, 5.74) is -1.31. The van der Waals surface area contributed by atoms with Gasteiger partial charge in [-0.25, -0.2) is 0 Å². The van der Waals surface area contributed by atoms with E-state index in [1.165, 1.54) is 11.9 Å². The molecule has 0 amide bonds. The third-order valence-electron chi connectivity index (χ3n) is 4.84. The van der Waals surface area contributed by atoms with E-state index >= 15 is 0 Å². The van der Waals surface area contributed by atoms with Crippen LogP contribution in [0.15, 0.2) is 48.7 Å². The van der Waals surface area contributed by atoms with E-state index in [1.807, 2.05) is 24.3 Å². The number of benzene rings is 2. The summed E-state index contributed by atoms with van der Waals surface area (Å²) in [6, 6.07) is 8.89. The number of anilines is 1. The Morgan fingerprint density at radius 3 is 2.19 bits per heavy atom. The van der Waals surface area contributed by atoms with Crippen LogP contribution in [0.25, 0.3) is 10.9 Å². The first-order valence-corrected chi connectivity index (χ1v) is 9.33. The van der Waals surface area contributed by atoms with Crippen molar-refractivity contribution in [2.24, 2.45) is 7.05 Å². The summed E-state index contributed by atoms with van der Waals surface area (Å²) in [7, 11) is 1.51. The van der Waals surface area contributed by atoms with Crippen molar-refractivity contribution in [2.75, 3.05) is 4.90 Å². The smallest absolute Gasteiger partial charge is 0.361 e. The Morgan fingerprint density at radius 1 is 0.938 bits per heavy atom. The summed E-state index contributed by atoms with van der Waals surface area (Å²) < 4.78 is 79.5. The summed E-state index contributed by atoms with van der Waals surface area (Å²) in [5.74, 6) is 0.0729. The number of para-hydroxylation sites is 1. The van der Waals surface area contributed by atoms with Crippen LogP contribution in [0.5, 0.6) is 0 Å². The molecule has 0 bridgehead atoms. The number of aryl methyl sites for hydroxylation is 1. The third-order valence-corrected chi connectivity index (χ3v) is 4.84. The third kappa shape index (κ3) is 4.53. The zero-order valence-electron chi connectivity index (χ0n) is 16.5. The zero-order chi connectivity index (χ0) is 23.1. The molecule has 0 radical (unpaired) electrons. The first kappa shape index (κ1) is 21.7. The van der Waals surface area contributed by atoms with Crippen molar-refractivity contribution in [3.63, 3.8) is 0 Å². The van der Waals surface area contributed by atoms with E-state index in [4.69, 9.17) is 0 Å². The first-order chi connectivity index (χ1) is 15.0. The molecule has 0 aliphatic heterocycles. The average molecular weight is 454 g/mol. The lowest BCUT2D eigenvalue weighted by molar-refractivity contribution is -0.143. The van der Waals surface area contributed by atoms with Gasteiger partial charge in [-0.05, 0) is 40.6 Å². The van der Waals surface area contributed by atoms with Crippen molar-refractivity contribution in [1.29, 1.82) is 0 Å². The number of fused-ring (bicyclic) bond motifs is 1. The summed E-state index contributed by atoms with van der Waals surface area (Å²) in [4.78, 5) is 5.71. The Bertz CT molecular complexity index is 1210. The molecule has 0 unspecified atom stereocenters.